The summed E-state index contributed by atoms with van der Waals surface area (Å²) < 4.78 is 23.4. The van der Waals surface area contributed by atoms with Crippen molar-refractivity contribution < 1.29 is 23.5 Å². The molecular formula is C22H19FN2O4. The number of halogens is 1. The van der Waals surface area contributed by atoms with Gasteiger partial charge in [-0.2, -0.15) is 0 Å². The second-order valence-electron chi connectivity index (χ2n) is 6.12. The van der Waals surface area contributed by atoms with Gasteiger partial charge in [-0.05, 0) is 64.7 Å². The summed E-state index contributed by atoms with van der Waals surface area (Å²) in [6.45, 7) is 0. The number of rotatable bonds is 4. The first-order valence-electron chi connectivity index (χ1n) is 8.70. The minimum absolute atomic E-state index is 0.369. The van der Waals surface area contributed by atoms with E-state index in [1.165, 1.54) is 26.4 Å². The molecule has 2 amide bonds. The monoisotopic (exact) mass is 394 g/mol. The molecule has 3 aromatic carbocycles. The molecule has 2 N–H and O–H groups in total. The zero-order valence-corrected chi connectivity index (χ0v) is 15.9. The Morgan fingerprint density at radius 3 is 1.38 bits per heavy atom. The molecule has 3 rings (SSSR count). The third-order valence-electron chi connectivity index (χ3n) is 4.20. The van der Waals surface area contributed by atoms with Crippen LogP contribution < -0.4 is 10.6 Å². The lowest BCUT2D eigenvalue weighted by Crippen LogP contribution is -2.10. The molecule has 3 aromatic rings. The normalized spacial score (nSPS) is 10.2. The summed E-state index contributed by atoms with van der Waals surface area (Å²) in [6.07, 6.45) is -1.12. The highest BCUT2D eigenvalue weighted by atomic mass is 19.1. The van der Waals surface area contributed by atoms with Crippen LogP contribution in [0.2, 0.25) is 0 Å². The number of benzene rings is 3. The van der Waals surface area contributed by atoms with Crippen LogP contribution in [0.1, 0.15) is 0 Å². The van der Waals surface area contributed by atoms with Crippen molar-refractivity contribution in [1.29, 1.82) is 0 Å². The van der Waals surface area contributed by atoms with Gasteiger partial charge in [0.25, 0.3) is 0 Å². The highest BCUT2D eigenvalue weighted by Gasteiger charge is 2.08. The summed E-state index contributed by atoms with van der Waals surface area (Å²) in [4.78, 5) is 22.5. The minimum atomic E-state index is -0.559. The topological polar surface area (TPSA) is 76.7 Å². The van der Waals surface area contributed by atoms with E-state index in [9.17, 15) is 14.0 Å². The molecule has 0 bridgehead atoms. The van der Waals surface area contributed by atoms with Crippen molar-refractivity contribution in [1.82, 2.24) is 0 Å². The number of hydrogen-bond acceptors (Lipinski definition) is 4. The molecule has 0 spiro atoms. The van der Waals surface area contributed by atoms with Crippen molar-refractivity contribution in [2.45, 2.75) is 0 Å². The Hall–Kier alpha value is -3.87. The van der Waals surface area contributed by atoms with E-state index in [-0.39, 0.29) is 5.82 Å². The largest absolute Gasteiger partial charge is 0.453 e. The molecule has 148 valence electrons. The SMILES string of the molecule is COC(=O)Nc1ccc(-c2cc(F)cc(-c3ccc(NC(=O)OC)cc3)c2)cc1. The van der Waals surface area contributed by atoms with Crippen LogP contribution in [0, 0.1) is 5.82 Å². The van der Waals surface area contributed by atoms with Gasteiger partial charge in [-0.3, -0.25) is 10.6 Å². The van der Waals surface area contributed by atoms with Gasteiger partial charge in [0.15, 0.2) is 0 Å². The van der Waals surface area contributed by atoms with Gasteiger partial charge in [-0.1, -0.05) is 24.3 Å². The zero-order valence-electron chi connectivity index (χ0n) is 15.9. The molecule has 0 aromatic heterocycles. The fourth-order valence-electron chi connectivity index (χ4n) is 2.75. The van der Waals surface area contributed by atoms with Gasteiger partial charge in [0.05, 0.1) is 14.2 Å². The second-order valence-corrected chi connectivity index (χ2v) is 6.12. The highest BCUT2D eigenvalue weighted by molar-refractivity contribution is 5.86. The van der Waals surface area contributed by atoms with E-state index in [2.05, 4.69) is 20.1 Å². The molecule has 0 fully saturated rings. The molecule has 0 aliphatic carbocycles. The molecule has 6 nitrogen and oxygen atoms in total. The average Bonchev–Trinajstić information content (AvgIpc) is 2.74. The van der Waals surface area contributed by atoms with Crippen molar-refractivity contribution in [3.05, 3.63) is 72.5 Å². The number of ether oxygens (including phenoxy) is 2. The molecule has 0 atom stereocenters. The smallest absolute Gasteiger partial charge is 0.411 e. The summed E-state index contributed by atoms with van der Waals surface area (Å²) >= 11 is 0. The minimum Gasteiger partial charge on any atom is -0.453 e. The quantitative estimate of drug-likeness (QED) is 0.611. The predicted octanol–water partition coefficient (Wildman–Crippen LogP) is 5.52. The third kappa shape index (κ3) is 5.10. The van der Waals surface area contributed by atoms with Gasteiger partial charge in [0.2, 0.25) is 0 Å². The molecule has 0 unspecified atom stereocenters. The standard InChI is InChI=1S/C22H19FN2O4/c1-28-21(26)24-19-7-3-14(4-8-19)16-11-17(13-18(23)12-16)15-5-9-20(10-6-15)25-22(27)29-2/h3-13H,1-2H3,(H,24,26)(H,25,27). The number of nitrogens with one attached hydrogen (secondary N) is 2. The van der Waals surface area contributed by atoms with Crippen molar-refractivity contribution in [3.63, 3.8) is 0 Å². The summed E-state index contributed by atoms with van der Waals surface area (Å²) in [5.74, 6) is -0.369. The number of anilines is 2. The van der Waals surface area contributed by atoms with E-state index in [0.29, 0.717) is 22.5 Å². The van der Waals surface area contributed by atoms with Crippen LogP contribution >= 0.6 is 0 Å². The summed E-state index contributed by atoms with van der Waals surface area (Å²) in [7, 11) is 2.58. The van der Waals surface area contributed by atoms with Crippen molar-refractivity contribution in [2.75, 3.05) is 24.9 Å². The lowest BCUT2D eigenvalue weighted by molar-refractivity contribution is 0.186. The molecule has 7 heteroatoms. The van der Waals surface area contributed by atoms with Crippen LogP contribution in [0.4, 0.5) is 25.4 Å². The molecule has 0 aliphatic heterocycles. The predicted molar refractivity (Wildman–Crippen MR) is 109 cm³/mol. The van der Waals surface area contributed by atoms with E-state index in [1.807, 2.05) is 6.07 Å². The van der Waals surface area contributed by atoms with E-state index in [0.717, 1.165) is 11.1 Å². The first kappa shape index (κ1) is 19.9. The van der Waals surface area contributed by atoms with E-state index in [4.69, 9.17) is 0 Å². The molecular weight excluding hydrogens is 375 g/mol. The van der Waals surface area contributed by atoms with E-state index < -0.39 is 12.2 Å². The Labute approximate surface area is 167 Å². The van der Waals surface area contributed by atoms with Gasteiger partial charge in [0.1, 0.15) is 5.82 Å². The maximum absolute atomic E-state index is 14.2. The van der Waals surface area contributed by atoms with Crippen LogP contribution in [0.3, 0.4) is 0 Å². The Morgan fingerprint density at radius 1 is 0.655 bits per heavy atom. The van der Waals surface area contributed by atoms with Crippen molar-refractivity contribution in [3.8, 4) is 22.3 Å². The lowest BCUT2D eigenvalue weighted by atomic mass is 9.98. The molecule has 0 saturated heterocycles. The number of carbonyl (C=O) groups excluding carboxylic acids is 2. The average molecular weight is 394 g/mol. The number of hydrogen-bond donors (Lipinski definition) is 2. The van der Waals surface area contributed by atoms with E-state index >= 15 is 0 Å². The molecule has 29 heavy (non-hydrogen) atoms. The Morgan fingerprint density at radius 2 is 1.03 bits per heavy atom. The first-order chi connectivity index (χ1) is 14.0. The lowest BCUT2D eigenvalue weighted by Gasteiger charge is -2.09. The van der Waals surface area contributed by atoms with Gasteiger partial charge in [-0.25, -0.2) is 14.0 Å². The van der Waals surface area contributed by atoms with Gasteiger partial charge < -0.3 is 9.47 Å². The molecule has 0 saturated carbocycles. The van der Waals surface area contributed by atoms with Gasteiger partial charge >= 0.3 is 12.2 Å². The van der Waals surface area contributed by atoms with Crippen LogP contribution in [0.5, 0.6) is 0 Å². The summed E-state index contributed by atoms with van der Waals surface area (Å²) in [5, 5.41) is 5.14. The fraction of sp³-hybridized carbons (Fsp3) is 0.0909. The van der Waals surface area contributed by atoms with Crippen LogP contribution in [0.25, 0.3) is 22.3 Å². The first-order valence-corrected chi connectivity index (χ1v) is 8.70. The molecule has 0 aliphatic rings. The maximum atomic E-state index is 14.2. The van der Waals surface area contributed by atoms with Crippen molar-refractivity contribution >= 4 is 23.6 Å². The summed E-state index contributed by atoms with van der Waals surface area (Å²) in [5.41, 5.74) is 4.13. The van der Waals surface area contributed by atoms with Crippen molar-refractivity contribution in [2.24, 2.45) is 0 Å². The van der Waals surface area contributed by atoms with Crippen LogP contribution in [-0.2, 0) is 9.47 Å². The van der Waals surface area contributed by atoms with Crippen LogP contribution in [-0.4, -0.2) is 26.4 Å². The van der Waals surface area contributed by atoms with Crippen LogP contribution in [0.15, 0.2) is 66.7 Å². The summed E-state index contributed by atoms with van der Waals surface area (Å²) in [6, 6.07) is 18.7. The number of amides is 2. The highest BCUT2D eigenvalue weighted by Crippen LogP contribution is 2.29. The second kappa shape index (κ2) is 8.88. The molecule has 0 heterocycles. The van der Waals surface area contributed by atoms with Gasteiger partial charge in [0, 0.05) is 11.4 Å². The molecule has 0 radical (unpaired) electrons. The third-order valence-corrected chi connectivity index (χ3v) is 4.20. The zero-order chi connectivity index (χ0) is 20.8. The van der Waals surface area contributed by atoms with Gasteiger partial charge in [-0.15, -0.1) is 0 Å². The number of carbonyl (C=O) groups is 2. The Bertz CT molecular complexity index is 938. The Balaban J connectivity index is 1.84. The number of methoxy groups -OCH3 is 2. The fourth-order valence-corrected chi connectivity index (χ4v) is 2.75. The maximum Gasteiger partial charge on any atom is 0.411 e. The van der Waals surface area contributed by atoms with E-state index in [1.54, 1.807) is 48.5 Å². The Kier molecular flexibility index (Phi) is 6.09.